The summed E-state index contributed by atoms with van der Waals surface area (Å²) in [4.78, 5) is 44.8. The van der Waals surface area contributed by atoms with Crippen LogP contribution in [0.5, 0.6) is 0 Å². The van der Waals surface area contributed by atoms with Crippen molar-refractivity contribution in [2.45, 2.75) is 59.7 Å². The lowest BCUT2D eigenvalue weighted by molar-refractivity contribution is 0.0457. The van der Waals surface area contributed by atoms with E-state index >= 15 is 0 Å². The minimum absolute atomic E-state index is 0.134. The van der Waals surface area contributed by atoms with E-state index in [0.717, 1.165) is 24.9 Å². The van der Waals surface area contributed by atoms with Crippen LogP contribution in [0.1, 0.15) is 55.0 Å². The summed E-state index contributed by atoms with van der Waals surface area (Å²) < 4.78 is 10.5. The molecular weight excluding hydrogens is 436 g/mol. The third-order valence-corrected chi connectivity index (χ3v) is 5.71. The van der Waals surface area contributed by atoms with Crippen molar-refractivity contribution in [3.63, 3.8) is 0 Å². The molecule has 10 heteroatoms. The number of esters is 1. The Morgan fingerprint density at radius 2 is 1.82 bits per heavy atom. The largest absolute Gasteiger partial charge is 0.454 e. The topological polar surface area (TPSA) is 117 Å². The van der Waals surface area contributed by atoms with Crippen LogP contribution in [0.3, 0.4) is 0 Å². The second-order valence-corrected chi connectivity index (χ2v) is 8.08. The van der Waals surface area contributed by atoms with Crippen molar-refractivity contribution < 1.29 is 9.53 Å². The van der Waals surface area contributed by atoms with Crippen LogP contribution in [-0.4, -0.2) is 34.9 Å². The van der Waals surface area contributed by atoms with Crippen molar-refractivity contribution in [1.82, 2.24) is 28.9 Å². The number of aryl methyl sites for hydroxylation is 2. The molecule has 34 heavy (non-hydrogen) atoms. The van der Waals surface area contributed by atoms with Crippen molar-refractivity contribution in [3.05, 3.63) is 74.4 Å². The fourth-order valence-electron chi connectivity index (χ4n) is 3.96. The van der Waals surface area contributed by atoms with E-state index in [1.807, 2.05) is 44.2 Å². The van der Waals surface area contributed by atoms with Gasteiger partial charge in [0.25, 0.3) is 5.56 Å². The Labute approximate surface area is 195 Å². The number of imidazole rings is 1. The molecule has 0 spiro atoms. The highest BCUT2D eigenvalue weighted by Crippen LogP contribution is 2.17. The smallest absolute Gasteiger partial charge is 0.342 e. The van der Waals surface area contributed by atoms with Gasteiger partial charge in [0.2, 0.25) is 0 Å². The number of nitrogens with zero attached hydrogens (tertiary/aromatic N) is 5. The molecule has 0 aliphatic heterocycles. The first-order chi connectivity index (χ1) is 16.5. The molecule has 178 valence electrons. The molecule has 1 aromatic carbocycles. The highest BCUT2D eigenvalue weighted by Gasteiger charge is 2.21. The number of carbonyl (C=O) groups excluding carboxylic acids is 1. The number of ether oxygens (including phenoxy) is 1. The summed E-state index contributed by atoms with van der Waals surface area (Å²) in [5.41, 5.74) is 1.49. The van der Waals surface area contributed by atoms with Gasteiger partial charge in [0.05, 0.1) is 17.6 Å². The van der Waals surface area contributed by atoms with Crippen LogP contribution in [0.2, 0.25) is 0 Å². The predicted molar refractivity (Wildman–Crippen MR) is 127 cm³/mol. The number of hydrogen-bond acceptors (Lipinski definition) is 6. The number of nitrogens with one attached hydrogen (secondary N) is 1. The number of para-hydroxylation sites is 1. The van der Waals surface area contributed by atoms with E-state index in [0.29, 0.717) is 41.3 Å². The molecule has 1 N–H and O–H groups in total. The Morgan fingerprint density at radius 3 is 2.53 bits per heavy atom. The molecule has 0 aliphatic rings. The molecule has 10 nitrogen and oxygen atoms in total. The molecular formula is C24H28N6O4. The van der Waals surface area contributed by atoms with Gasteiger partial charge < -0.3 is 9.30 Å². The molecule has 0 bridgehead atoms. The fraction of sp³-hybridized carbons (Fsp3) is 0.375. The second-order valence-electron chi connectivity index (χ2n) is 8.08. The van der Waals surface area contributed by atoms with Crippen molar-refractivity contribution in [2.24, 2.45) is 0 Å². The lowest BCUT2D eigenvalue weighted by Gasteiger charge is -2.09. The maximum atomic E-state index is 12.9. The van der Waals surface area contributed by atoms with Gasteiger partial charge in [-0.15, -0.1) is 0 Å². The molecule has 0 saturated heterocycles. The lowest BCUT2D eigenvalue weighted by atomic mass is 10.2. The molecule has 3 aromatic heterocycles. The average molecular weight is 465 g/mol. The minimum Gasteiger partial charge on any atom is -0.454 e. The minimum atomic E-state index is -0.535. The van der Waals surface area contributed by atoms with Gasteiger partial charge in [-0.05, 0) is 31.9 Å². The van der Waals surface area contributed by atoms with Crippen molar-refractivity contribution >= 4 is 17.1 Å². The first-order valence-electron chi connectivity index (χ1n) is 11.5. The van der Waals surface area contributed by atoms with Crippen LogP contribution in [-0.2, 0) is 24.4 Å². The van der Waals surface area contributed by atoms with Crippen molar-refractivity contribution in [1.29, 1.82) is 0 Å². The van der Waals surface area contributed by atoms with E-state index < -0.39 is 17.2 Å². The number of carbonyl (C=O) groups is 1. The van der Waals surface area contributed by atoms with Gasteiger partial charge in [0.15, 0.2) is 11.2 Å². The van der Waals surface area contributed by atoms with Crippen LogP contribution in [0, 0.1) is 6.92 Å². The van der Waals surface area contributed by atoms with Gasteiger partial charge in [-0.1, -0.05) is 38.5 Å². The van der Waals surface area contributed by atoms with Crippen LogP contribution in [0.15, 0.2) is 46.1 Å². The van der Waals surface area contributed by atoms with Gasteiger partial charge in [-0.2, -0.15) is 5.10 Å². The molecule has 0 fully saturated rings. The number of rotatable bonds is 9. The normalized spacial score (nSPS) is 11.3. The average Bonchev–Trinajstić information content (AvgIpc) is 3.39. The Morgan fingerprint density at radius 1 is 1.06 bits per heavy atom. The molecule has 0 aliphatic carbocycles. The van der Waals surface area contributed by atoms with Crippen LogP contribution in [0.4, 0.5) is 0 Å². The van der Waals surface area contributed by atoms with E-state index in [9.17, 15) is 14.4 Å². The van der Waals surface area contributed by atoms with Gasteiger partial charge in [-0.3, -0.25) is 14.3 Å². The maximum Gasteiger partial charge on any atom is 0.342 e. The molecule has 0 saturated carbocycles. The number of aromatic amines is 1. The zero-order valence-corrected chi connectivity index (χ0v) is 19.6. The number of unbranched alkanes of at least 4 members (excludes halogenated alkanes) is 1. The Balaban J connectivity index is 1.65. The van der Waals surface area contributed by atoms with Crippen LogP contribution < -0.4 is 11.2 Å². The van der Waals surface area contributed by atoms with Gasteiger partial charge in [0.1, 0.15) is 18.0 Å². The lowest BCUT2D eigenvalue weighted by Crippen LogP contribution is -2.31. The SMILES string of the molecule is CCCCn1c(=O)[nH]c(=O)c2c1nc(COC(=O)c1cnn(-c3ccccc3)c1C)n2CCC. The monoisotopic (exact) mass is 464 g/mol. The van der Waals surface area contributed by atoms with Crippen molar-refractivity contribution in [3.8, 4) is 5.69 Å². The predicted octanol–water partition coefficient (Wildman–Crippen LogP) is 2.95. The van der Waals surface area contributed by atoms with Gasteiger partial charge in [0, 0.05) is 13.1 Å². The number of H-pyrrole nitrogens is 1. The summed E-state index contributed by atoms with van der Waals surface area (Å²) in [5.74, 6) is -0.119. The van der Waals surface area contributed by atoms with E-state index in [2.05, 4.69) is 15.1 Å². The Bertz CT molecular complexity index is 1430. The number of fused-ring (bicyclic) bond motifs is 1. The zero-order valence-electron chi connectivity index (χ0n) is 19.6. The second kappa shape index (κ2) is 9.90. The summed E-state index contributed by atoms with van der Waals surface area (Å²) in [6.07, 6.45) is 3.88. The summed E-state index contributed by atoms with van der Waals surface area (Å²) in [6, 6.07) is 9.51. The molecule has 3 heterocycles. The van der Waals surface area contributed by atoms with Crippen LogP contribution >= 0.6 is 0 Å². The number of hydrogen-bond donors (Lipinski definition) is 1. The number of aromatic nitrogens is 6. The third-order valence-electron chi connectivity index (χ3n) is 5.71. The Hall–Kier alpha value is -3.95. The summed E-state index contributed by atoms with van der Waals surface area (Å²) in [7, 11) is 0. The van der Waals surface area contributed by atoms with E-state index in [1.165, 1.54) is 10.8 Å². The highest BCUT2D eigenvalue weighted by molar-refractivity contribution is 5.90. The van der Waals surface area contributed by atoms with E-state index in [-0.39, 0.29) is 6.61 Å². The van der Waals surface area contributed by atoms with Crippen molar-refractivity contribution in [2.75, 3.05) is 0 Å². The summed E-state index contributed by atoms with van der Waals surface area (Å²) in [5, 5.41) is 4.32. The highest BCUT2D eigenvalue weighted by atomic mass is 16.5. The standard InChI is InChI=1S/C24H28N6O4/c1-4-6-13-29-21-20(22(31)27-24(29)33)28(12-5-2)19(26-21)15-34-23(32)18-14-25-30(16(18)3)17-10-8-7-9-11-17/h7-11,14H,4-6,12-13,15H2,1-3H3,(H,27,31,33). The first kappa shape index (κ1) is 23.2. The van der Waals surface area contributed by atoms with E-state index in [4.69, 9.17) is 4.74 Å². The van der Waals surface area contributed by atoms with E-state index in [1.54, 1.807) is 16.2 Å². The summed E-state index contributed by atoms with van der Waals surface area (Å²) in [6.45, 7) is 6.62. The number of benzene rings is 1. The van der Waals surface area contributed by atoms with Crippen LogP contribution in [0.25, 0.3) is 16.9 Å². The summed E-state index contributed by atoms with van der Waals surface area (Å²) >= 11 is 0. The molecule has 0 amide bonds. The quantitative estimate of drug-likeness (QED) is 0.381. The molecule has 0 unspecified atom stereocenters. The first-order valence-corrected chi connectivity index (χ1v) is 11.5. The molecule has 0 radical (unpaired) electrons. The van der Waals surface area contributed by atoms with Gasteiger partial charge in [-0.25, -0.2) is 19.3 Å². The third kappa shape index (κ3) is 4.30. The fourth-order valence-corrected chi connectivity index (χ4v) is 3.96. The maximum absolute atomic E-state index is 12.9. The molecule has 4 aromatic rings. The molecule has 0 atom stereocenters. The zero-order chi connectivity index (χ0) is 24.2. The molecule has 4 rings (SSSR count). The van der Waals surface area contributed by atoms with Gasteiger partial charge >= 0.3 is 11.7 Å². The Kier molecular flexibility index (Phi) is 6.76.